The van der Waals surface area contributed by atoms with Crippen LogP contribution >= 0.6 is 22.9 Å². The second-order valence-corrected chi connectivity index (χ2v) is 5.00. The molecule has 2 N–H and O–H groups in total. The summed E-state index contributed by atoms with van der Waals surface area (Å²) >= 11 is 7.33. The molecule has 0 spiro atoms. The number of aryl methyl sites for hydroxylation is 1. The Morgan fingerprint density at radius 2 is 2.24 bits per heavy atom. The molecular formula is C12H12ClFN2S. The standard InChI is InChI=1S/C12H12ClFN2S/c13-9-6-8(3-4-10(9)14)11-7-17-12(16-11)2-1-5-15/h3-4,6-7H,1-2,5,15H2. The molecule has 0 amide bonds. The molecule has 1 aromatic heterocycles. The van der Waals surface area contributed by atoms with Crippen molar-refractivity contribution in [3.05, 3.63) is 39.4 Å². The molecule has 0 aliphatic carbocycles. The van der Waals surface area contributed by atoms with Crippen molar-refractivity contribution in [1.82, 2.24) is 4.98 Å². The zero-order valence-corrected chi connectivity index (χ0v) is 10.7. The Morgan fingerprint density at radius 1 is 1.41 bits per heavy atom. The fourth-order valence-electron chi connectivity index (χ4n) is 1.47. The van der Waals surface area contributed by atoms with E-state index in [0.29, 0.717) is 6.54 Å². The summed E-state index contributed by atoms with van der Waals surface area (Å²) in [6.07, 6.45) is 1.81. The summed E-state index contributed by atoms with van der Waals surface area (Å²) in [6.45, 7) is 0.664. The second kappa shape index (κ2) is 5.58. The number of halogens is 2. The van der Waals surface area contributed by atoms with E-state index >= 15 is 0 Å². The lowest BCUT2D eigenvalue weighted by atomic mass is 10.2. The molecule has 0 saturated carbocycles. The predicted molar refractivity (Wildman–Crippen MR) is 69.9 cm³/mol. The molecule has 5 heteroatoms. The molecule has 2 aromatic rings. The summed E-state index contributed by atoms with van der Waals surface area (Å²) in [5.41, 5.74) is 7.12. The van der Waals surface area contributed by atoms with Crippen molar-refractivity contribution in [2.24, 2.45) is 5.73 Å². The third kappa shape index (κ3) is 3.03. The van der Waals surface area contributed by atoms with E-state index in [1.807, 2.05) is 5.38 Å². The maximum absolute atomic E-state index is 13.0. The lowest BCUT2D eigenvalue weighted by Gasteiger charge is -1.98. The number of aromatic nitrogens is 1. The average molecular weight is 271 g/mol. The topological polar surface area (TPSA) is 38.9 Å². The van der Waals surface area contributed by atoms with E-state index in [4.69, 9.17) is 17.3 Å². The highest BCUT2D eigenvalue weighted by atomic mass is 35.5. The molecule has 2 rings (SSSR count). The first-order chi connectivity index (χ1) is 8.20. The van der Waals surface area contributed by atoms with Crippen LogP contribution in [0.25, 0.3) is 11.3 Å². The number of benzene rings is 1. The first-order valence-electron chi connectivity index (χ1n) is 5.30. The Kier molecular flexibility index (Phi) is 4.10. The van der Waals surface area contributed by atoms with Gasteiger partial charge in [0.15, 0.2) is 0 Å². The smallest absolute Gasteiger partial charge is 0.141 e. The number of thiazole rings is 1. The quantitative estimate of drug-likeness (QED) is 0.924. The van der Waals surface area contributed by atoms with Crippen molar-refractivity contribution >= 4 is 22.9 Å². The molecule has 2 nitrogen and oxygen atoms in total. The van der Waals surface area contributed by atoms with Crippen LogP contribution < -0.4 is 5.73 Å². The van der Waals surface area contributed by atoms with E-state index < -0.39 is 5.82 Å². The number of rotatable bonds is 4. The highest BCUT2D eigenvalue weighted by molar-refractivity contribution is 7.09. The normalized spacial score (nSPS) is 10.8. The van der Waals surface area contributed by atoms with Crippen LogP contribution in [0.4, 0.5) is 4.39 Å². The number of hydrogen-bond acceptors (Lipinski definition) is 3. The molecular weight excluding hydrogens is 259 g/mol. The third-order valence-electron chi connectivity index (χ3n) is 2.36. The Bertz CT molecular complexity index is 513. The SMILES string of the molecule is NCCCc1nc(-c2ccc(F)c(Cl)c2)cs1. The highest BCUT2D eigenvalue weighted by Gasteiger charge is 2.07. The van der Waals surface area contributed by atoms with Gasteiger partial charge in [0.2, 0.25) is 0 Å². The maximum atomic E-state index is 13.0. The predicted octanol–water partition coefficient (Wildman–Crippen LogP) is 3.49. The van der Waals surface area contributed by atoms with Crippen LogP contribution in [0.5, 0.6) is 0 Å². The van der Waals surface area contributed by atoms with E-state index in [-0.39, 0.29) is 5.02 Å². The molecule has 0 fully saturated rings. The fraction of sp³-hybridized carbons (Fsp3) is 0.250. The van der Waals surface area contributed by atoms with Gasteiger partial charge < -0.3 is 5.73 Å². The van der Waals surface area contributed by atoms with Gasteiger partial charge in [0.25, 0.3) is 0 Å². The van der Waals surface area contributed by atoms with E-state index in [1.165, 1.54) is 6.07 Å². The minimum Gasteiger partial charge on any atom is -0.330 e. The van der Waals surface area contributed by atoms with Crippen molar-refractivity contribution < 1.29 is 4.39 Å². The van der Waals surface area contributed by atoms with E-state index in [1.54, 1.807) is 23.5 Å². The zero-order valence-electron chi connectivity index (χ0n) is 9.12. The van der Waals surface area contributed by atoms with Crippen molar-refractivity contribution in [2.45, 2.75) is 12.8 Å². The average Bonchev–Trinajstić information content (AvgIpc) is 2.79. The summed E-state index contributed by atoms with van der Waals surface area (Å²) in [5, 5.41) is 3.12. The van der Waals surface area contributed by atoms with Gasteiger partial charge >= 0.3 is 0 Å². The van der Waals surface area contributed by atoms with Crippen LogP contribution in [0.1, 0.15) is 11.4 Å². The number of nitrogens with two attached hydrogens (primary N) is 1. The van der Waals surface area contributed by atoms with Crippen LogP contribution in [0, 0.1) is 5.82 Å². The summed E-state index contributed by atoms with van der Waals surface area (Å²) in [7, 11) is 0. The van der Waals surface area contributed by atoms with Crippen molar-refractivity contribution in [3.63, 3.8) is 0 Å². The molecule has 17 heavy (non-hydrogen) atoms. The molecule has 0 aliphatic rings. The highest BCUT2D eigenvalue weighted by Crippen LogP contribution is 2.26. The molecule has 1 heterocycles. The molecule has 0 radical (unpaired) electrons. The van der Waals surface area contributed by atoms with Gasteiger partial charge in [0, 0.05) is 17.4 Å². The molecule has 0 bridgehead atoms. The second-order valence-electron chi connectivity index (χ2n) is 3.65. The van der Waals surface area contributed by atoms with Gasteiger partial charge in [-0.3, -0.25) is 0 Å². The van der Waals surface area contributed by atoms with E-state index in [9.17, 15) is 4.39 Å². The largest absolute Gasteiger partial charge is 0.330 e. The summed E-state index contributed by atoms with van der Waals surface area (Å²) < 4.78 is 13.0. The van der Waals surface area contributed by atoms with E-state index in [2.05, 4.69) is 4.98 Å². The molecule has 0 atom stereocenters. The zero-order chi connectivity index (χ0) is 12.3. The Morgan fingerprint density at radius 3 is 2.94 bits per heavy atom. The lowest BCUT2D eigenvalue weighted by molar-refractivity contribution is 0.628. The van der Waals surface area contributed by atoms with Crippen LogP contribution in [-0.2, 0) is 6.42 Å². The van der Waals surface area contributed by atoms with Crippen molar-refractivity contribution in [2.75, 3.05) is 6.54 Å². The van der Waals surface area contributed by atoms with Gasteiger partial charge in [0.05, 0.1) is 15.7 Å². The van der Waals surface area contributed by atoms with Crippen molar-refractivity contribution in [1.29, 1.82) is 0 Å². The molecule has 0 aliphatic heterocycles. The van der Waals surface area contributed by atoms with Crippen LogP contribution in [-0.4, -0.2) is 11.5 Å². The summed E-state index contributed by atoms with van der Waals surface area (Å²) in [5.74, 6) is -0.408. The van der Waals surface area contributed by atoms with Crippen LogP contribution in [0.2, 0.25) is 5.02 Å². The molecule has 0 saturated heterocycles. The Balaban J connectivity index is 2.21. The first-order valence-corrected chi connectivity index (χ1v) is 6.56. The summed E-state index contributed by atoms with van der Waals surface area (Å²) in [4.78, 5) is 4.47. The van der Waals surface area contributed by atoms with Gasteiger partial charge in [-0.05, 0) is 31.2 Å². The van der Waals surface area contributed by atoms with Crippen LogP contribution in [0.3, 0.4) is 0 Å². The molecule has 1 aromatic carbocycles. The fourth-order valence-corrected chi connectivity index (χ4v) is 2.50. The maximum Gasteiger partial charge on any atom is 0.141 e. The van der Waals surface area contributed by atoms with Gasteiger partial charge in [-0.1, -0.05) is 11.6 Å². The van der Waals surface area contributed by atoms with Gasteiger partial charge in [-0.2, -0.15) is 0 Å². The van der Waals surface area contributed by atoms with Gasteiger partial charge in [-0.15, -0.1) is 11.3 Å². The first kappa shape index (κ1) is 12.5. The number of hydrogen-bond donors (Lipinski definition) is 1. The molecule has 0 unspecified atom stereocenters. The minimum absolute atomic E-state index is 0.124. The minimum atomic E-state index is -0.408. The van der Waals surface area contributed by atoms with E-state index in [0.717, 1.165) is 29.1 Å². The van der Waals surface area contributed by atoms with Gasteiger partial charge in [-0.25, -0.2) is 9.37 Å². The van der Waals surface area contributed by atoms with Crippen LogP contribution in [0.15, 0.2) is 23.6 Å². The Hall–Kier alpha value is -0.970. The monoisotopic (exact) mass is 270 g/mol. The lowest BCUT2D eigenvalue weighted by Crippen LogP contribution is -1.99. The third-order valence-corrected chi connectivity index (χ3v) is 3.56. The van der Waals surface area contributed by atoms with Gasteiger partial charge in [0.1, 0.15) is 5.82 Å². The number of nitrogens with zero attached hydrogens (tertiary/aromatic N) is 1. The van der Waals surface area contributed by atoms with Crippen molar-refractivity contribution in [3.8, 4) is 11.3 Å². The molecule has 90 valence electrons. The Labute approximate surface area is 108 Å². The summed E-state index contributed by atoms with van der Waals surface area (Å²) in [6, 6.07) is 4.64.